The maximum absolute atomic E-state index is 14.1. The predicted molar refractivity (Wildman–Crippen MR) is 163 cm³/mol. The van der Waals surface area contributed by atoms with Crippen LogP contribution in [0.2, 0.25) is 5.02 Å². The van der Waals surface area contributed by atoms with Gasteiger partial charge in [0, 0.05) is 55.3 Å². The molecule has 210 valence electrons. The second-order valence-corrected chi connectivity index (χ2v) is 11.6. The molecule has 7 nitrogen and oxygen atoms in total. The number of aromatic nitrogens is 4. The fourth-order valence-corrected chi connectivity index (χ4v) is 6.33. The lowest BCUT2D eigenvalue weighted by Gasteiger charge is -2.36. The van der Waals surface area contributed by atoms with Crippen molar-refractivity contribution in [3.05, 3.63) is 89.2 Å². The number of amides is 1. The molecule has 1 aliphatic rings. The Kier molecular flexibility index (Phi) is 8.34. The number of benzene rings is 3. The van der Waals surface area contributed by atoms with Gasteiger partial charge >= 0.3 is 0 Å². The number of piperazine rings is 1. The normalized spacial score (nSPS) is 13.8. The Morgan fingerprint density at radius 1 is 0.927 bits per heavy atom. The molecule has 1 saturated heterocycles. The van der Waals surface area contributed by atoms with Crippen LogP contribution in [0.3, 0.4) is 0 Å². The first-order valence-electron chi connectivity index (χ1n) is 13.8. The molecule has 0 unspecified atom stereocenters. The summed E-state index contributed by atoms with van der Waals surface area (Å²) in [6.07, 6.45) is 2.18. The van der Waals surface area contributed by atoms with E-state index in [1.165, 1.54) is 6.07 Å². The molecule has 6 rings (SSSR count). The van der Waals surface area contributed by atoms with Gasteiger partial charge in [0.1, 0.15) is 11.3 Å². The van der Waals surface area contributed by atoms with Crippen molar-refractivity contribution >= 4 is 57.0 Å². The average Bonchev–Trinajstić information content (AvgIpc) is 3.30. The zero-order valence-electron chi connectivity index (χ0n) is 22.5. The summed E-state index contributed by atoms with van der Waals surface area (Å²) < 4.78 is 16.3. The van der Waals surface area contributed by atoms with E-state index in [1.54, 1.807) is 23.9 Å². The van der Waals surface area contributed by atoms with E-state index in [0.29, 0.717) is 55.0 Å². The molecule has 0 spiro atoms. The SMILES string of the molecule is O=C(CCCCSc1nnc2c3ccccc3n(Cc3cccc(Cl)c3)c2n1)N1CCN(c2ccccc2F)CC1. The minimum atomic E-state index is -0.217. The highest BCUT2D eigenvalue weighted by Gasteiger charge is 2.22. The van der Waals surface area contributed by atoms with E-state index in [0.717, 1.165) is 46.2 Å². The molecular formula is C31H30ClFN6OS. The van der Waals surface area contributed by atoms with E-state index < -0.39 is 0 Å². The van der Waals surface area contributed by atoms with Gasteiger partial charge < -0.3 is 14.4 Å². The van der Waals surface area contributed by atoms with E-state index in [4.69, 9.17) is 16.6 Å². The Balaban J connectivity index is 1.03. The largest absolute Gasteiger partial charge is 0.366 e. The van der Waals surface area contributed by atoms with Crippen LogP contribution >= 0.6 is 23.4 Å². The maximum Gasteiger partial charge on any atom is 0.222 e. The summed E-state index contributed by atoms with van der Waals surface area (Å²) in [5.41, 5.74) is 4.34. The van der Waals surface area contributed by atoms with Gasteiger partial charge in [-0.15, -0.1) is 10.2 Å². The summed E-state index contributed by atoms with van der Waals surface area (Å²) in [6.45, 7) is 3.14. The third kappa shape index (κ3) is 6.16. The topological polar surface area (TPSA) is 67.2 Å². The summed E-state index contributed by atoms with van der Waals surface area (Å²) in [5, 5.41) is 11.3. The Morgan fingerprint density at radius 3 is 2.56 bits per heavy atom. The Bertz CT molecular complexity index is 1690. The number of nitrogens with zero attached hydrogens (tertiary/aromatic N) is 6. The lowest BCUT2D eigenvalue weighted by atomic mass is 10.2. The molecule has 1 aliphatic heterocycles. The van der Waals surface area contributed by atoms with Gasteiger partial charge in [0.15, 0.2) is 5.65 Å². The highest BCUT2D eigenvalue weighted by Crippen LogP contribution is 2.29. The van der Waals surface area contributed by atoms with Crippen LogP contribution in [0.5, 0.6) is 0 Å². The number of para-hydroxylation sites is 2. The van der Waals surface area contributed by atoms with Gasteiger partial charge in [0.05, 0.1) is 11.2 Å². The number of rotatable bonds is 9. The van der Waals surface area contributed by atoms with Gasteiger partial charge in [-0.25, -0.2) is 9.37 Å². The van der Waals surface area contributed by atoms with Crippen LogP contribution in [0.1, 0.15) is 24.8 Å². The lowest BCUT2D eigenvalue weighted by Crippen LogP contribution is -2.49. The van der Waals surface area contributed by atoms with E-state index in [2.05, 4.69) is 26.9 Å². The van der Waals surface area contributed by atoms with E-state index in [1.807, 2.05) is 52.3 Å². The van der Waals surface area contributed by atoms with Crippen molar-refractivity contribution in [2.45, 2.75) is 31.0 Å². The number of hydrogen-bond donors (Lipinski definition) is 0. The van der Waals surface area contributed by atoms with Crippen molar-refractivity contribution in [1.82, 2.24) is 24.6 Å². The summed E-state index contributed by atoms with van der Waals surface area (Å²) in [4.78, 5) is 21.6. The lowest BCUT2D eigenvalue weighted by molar-refractivity contribution is -0.131. The number of carbonyl (C=O) groups is 1. The first kappa shape index (κ1) is 27.5. The standard InChI is InChI=1S/C31H30ClFN6OS/c32-23-9-7-8-22(20-23)21-39-26-12-3-1-10-24(26)29-30(39)34-31(36-35-29)41-19-6-5-14-28(40)38-17-15-37(16-18-38)27-13-4-2-11-25(27)33/h1-4,7-13,20H,5-6,14-19,21H2. The summed E-state index contributed by atoms with van der Waals surface area (Å²) in [7, 11) is 0. The first-order valence-corrected chi connectivity index (χ1v) is 15.2. The third-order valence-corrected chi connectivity index (χ3v) is 8.58. The fourth-order valence-electron chi connectivity index (χ4n) is 5.33. The number of anilines is 1. The monoisotopic (exact) mass is 588 g/mol. The molecule has 41 heavy (non-hydrogen) atoms. The van der Waals surface area contributed by atoms with Crippen molar-refractivity contribution in [3.8, 4) is 0 Å². The average molecular weight is 589 g/mol. The smallest absolute Gasteiger partial charge is 0.222 e. The predicted octanol–water partition coefficient (Wildman–Crippen LogP) is 6.43. The van der Waals surface area contributed by atoms with Crippen molar-refractivity contribution in [2.24, 2.45) is 0 Å². The second kappa shape index (κ2) is 12.4. The molecule has 1 fully saturated rings. The molecule has 0 radical (unpaired) electrons. The van der Waals surface area contributed by atoms with Crippen molar-refractivity contribution in [3.63, 3.8) is 0 Å². The van der Waals surface area contributed by atoms with Crippen LogP contribution in [0, 0.1) is 5.82 Å². The Hall–Kier alpha value is -3.69. The number of fused-ring (bicyclic) bond motifs is 3. The number of carbonyl (C=O) groups excluding carboxylic acids is 1. The van der Waals surface area contributed by atoms with E-state index >= 15 is 0 Å². The minimum absolute atomic E-state index is 0.160. The quantitative estimate of drug-likeness (QED) is 0.146. The number of hydrogen-bond acceptors (Lipinski definition) is 6. The molecule has 0 saturated carbocycles. The van der Waals surface area contributed by atoms with Crippen LogP contribution in [0.25, 0.3) is 22.1 Å². The minimum Gasteiger partial charge on any atom is -0.366 e. The molecule has 0 bridgehead atoms. The van der Waals surface area contributed by atoms with Crippen molar-refractivity contribution in [2.75, 3.05) is 36.8 Å². The molecule has 5 aromatic rings. The number of thioether (sulfide) groups is 1. The van der Waals surface area contributed by atoms with Gasteiger partial charge in [0.25, 0.3) is 0 Å². The number of unbranched alkanes of at least 4 members (excludes halogenated alkanes) is 1. The summed E-state index contributed by atoms with van der Waals surface area (Å²) in [6, 6.07) is 22.8. The van der Waals surface area contributed by atoms with Gasteiger partial charge in [-0.1, -0.05) is 65.8 Å². The maximum atomic E-state index is 14.1. The zero-order valence-corrected chi connectivity index (χ0v) is 24.1. The molecule has 10 heteroatoms. The van der Waals surface area contributed by atoms with Crippen molar-refractivity contribution < 1.29 is 9.18 Å². The highest BCUT2D eigenvalue weighted by atomic mass is 35.5. The molecule has 0 atom stereocenters. The van der Waals surface area contributed by atoms with Crippen LogP contribution in [-0.2, 0) is 11.3 Å². The van der Waals surface area contributed by atoms with Gasteiger partial charge in [-0.3, -0.25) is 4.79 Å². The molecule has 0 N–H and O–H groups in total. The van der Waals surface area contributed by atoms with Crippen LogP contribution in [0.4, 0.5) is 10.1 Å². The van der Waals surface area contributed by atoms with Gasteiger partial charge in [0.2, 0.25) is 11.1 Å². The molecule has 3 heterocycles. The fraction of sp³-hybridized carbons (Fsp3) is 0.290. The van der Waals surface area contributed by atoms with Crippen LogP contribution in [-0.4, -0.2) is 62.5 Å². The molecular weight excluding hydrogens is 559 g/mol. The van der Waals surface area contributed by atoms with Crippen LogP contribution < -0.4 is 4.90 Å². The highest BCUT2D eigenvalue weighted by molar-refractivity contribution is 7.99. The zero-order chi connectivity index (χ0) is 28.2. The van der Waals surface area contributed by atoms with Crippen LogP contribution in [0.15, 0.2) is 78.0 Å². The van der Waals surface area contributed by atoms with E-state index in [-0.39, 0.29) is 11.7 Å². The molecule has 3 aromatic carbocycles. The Morgan fingerprint density at radius 2 is 1.73 bits per heavy atom. The third-order valence-electron chi connectivity index (χ3n) is 7.43. The Labute approximate surface area is 247 Å². The van der Waals surface area contributed by atoms with Gasteiger partial charge in [-0.05, 0) is 48.7 Å². The molecule has 2 aromatic heterocycles. The first-order chi connectivity index (χ1) is 20.1. The number of halogens is 2. The van der Waals surface area contributed by atoms with E-state index in [9.17, 15) is 9.18 Å². The van der Waals surface area contributed by atoms with Gasteiger partial charge in [-0.2, -0.15) is 0 Å². The second-order valence-electron chi connectivity index (χ2n) is 10.1. The summed E-state index contributed by atoms with van der Waals surface area (Å²) >= 11 is 7.80. The van der Waals surface area contributed by atoms with Crippen molar-refractivity contribution in [1.29, 1.82) is 0 Å². The molecule has 0 aliphatic carbocycles. The summed E-state index contributed by atoms with van der Waals surface area (Å²) in [5.74, 6) is 0.745. The molecule has 1 amide bonds.